The van der Waals surface area contributed by atoms with Crippen LogP contribution in [0.5, 0.6) is 0 Å². The first kappa shape index (κ1) is 12.7. The summed E-state index contributed by atoms with van der Waals surface area (Å²) >= 11 is 0. The maximum Gasteiger partial charge on any atom is 0.236 e. The number of rotatable bonds is 7. The molecule has 1 rings (SSSR count). The molecule has 1 aromatic rings. The fourth-order valence-corrected chi connectivity index (χ4v) is 1.43. The number of aromatic amines is 1. The highest BCUT2D eigenvalue weighted by atomic mass is 16.2. The summed E-state index contributed by atoms with van der Waals surface area (Å²) in [5.41, 5.74) is 6.68. The zero-order valence-electron chi connectivity index (χ0n) is 9.70. The van der Waals surface area contributed by atoms with E-state index in [9.17, 15) is 4.79 Å². The summed E-state index contributed by atoms with van der Waals surface area (Å²) in [6.45, 7) is 2.67. The van der Waals surface area contributed by atoms with Crippen LogP contribution in [0.4, 0.5) is 0 Å². The van der Waals surface area contributed by atoms with Crippen molar-refractivity contribution in [2.75, 3.05) is 6.54 Å². The zero-order valence-corrected chi connectivity index (χ0v) is 9.70. The number of hydrogen-bond donors (Lipinski definition) is 3. The third-order valence-corrected chi connectivity index (χ3v) is 2.44. The zero-order chi connectivity index (χ0) is 11.8. The molecule has 0 saturated carbocycles. The summed E-state index contributed by atoms with van der Waals surface area (Å²) in [5, 5.41) is 2.81. The Morgan fingerprint density at radius 1 is 1.69 bits per heavy atom. The molecule has 0 aliphatic heterocycles. The van der Waals surface area contributed by atoms with Gasteiger partial charge in [-0.15, -0.1) is 0 Å². The standard InChI is InChI=1S/C11H20N4O/c1-2-3-4-10(12)11(16)14-6-5-9-7-13-8-15-9/h7-8,10H,2-6,12H2,1H3,(H,13,15)(H,14,16). The molecule has 0 spiro atoms. The first-order chi connectivity index (χ1) is 7.74. The molecule has 0 aromatic carbocycles. The van der Waals surface area contributed by atoms with Crippen molar-refractivity contribution in [2.45, 2.75) is 38.6 Å². The number of imidazole rings is 1. The molecule has 0 saturated heterocycles. The first-order valence-electron chi connectivity index (χ1n) is 5.75. The average Bonchev–Trinajstić information content (AvgIpc) is 2.78. The summed E-state index contributed by atoms with van der Waals surface area (Å²) < 4.78 is 0. The number of nitrogens with two attached hydrogens (primary N) is 1. The van der Waals surface area contributed by atoms with E-state index < -0.39 is 0 Å². The van der Waals surface area contributed by atoms with Gasteiger partial charge in [-0.3, -0.25) is 4.79 Å². The third kappa shape index (κ3) is 4.44. The van der Waals surface area contributed by atoms with Crippen molar-refractivity contribution in [1.29, 1.82) is 0 Å². The van der Waals surface area contributed by atoms with E-state index in [0.29, 0.717) is 6.54 Å². The van der Waals surface area contributed by atoms with Crippen LogP contribution in [0.1, 0.15) is 31.9 Å². The number of carbonyl (C=O) groups is 1. The number of carbonyl (C=O) groups excluding carboxylic acids is 1. The van der Waals surface area contributed by atoms with E-state index >= 15 is 0 Å². The number of amides is 1. The van der Waals surface area contributed by atoms with Gasteiger partial charge in [0, 0.05) is 19.2 Å². The molecule has 1 heterocycles. The van der Waals surface area contributed by atoms with E-state index in [1.807, 2.05) is 6.20 Å². The highest BCUT2D eigenvalue weighted by Gasteiger charge is 2.11. The van der Waals surface area contributed by atoms with Crippen molar-refractivity contribution in [3.8, 4) is 0 Å². The van der Waals surface area contributed by atoms with Gasteiger partial charge in [0.25, 0.3) is 0 Å². The number of H-pyrrole nitrogens is 1. The van der Waals surface area contributed by atoms with E-state index in [1.165, 1.54) is 0 Å². The summed E-state index contributed by atoms with van der Waals surface area (Å²) in [4.78, 5) is 18.5. The second kappa shape index (κ2) is 7.00. The molecule has 0 aliphatic rings. The molecule has 0 bridgehead atoms. The minimum Gasteiger partial charge on any atom is -0.354 e. The summed E-state index contributed by atoms with van der Waals surface area (Å²) in [6.07, 6.45) is 7.00. The quantitative estimate of drug-likeness (QED) is 0.633. The molecule has 5 nitrogen and oxygen atoms in total. The lowest BCUT2D eigenvalue weighted by atomic mass is 10.1. The largest absolute Gasteiger partial charge is 0.354 e. The molecule has 16 heavy (non-hydrogen) atoms. The molecular weight excluding hydrogens is 204 g/mol. The molecule has 0 radical (unpaired) electrons. The maximum atomic E-state index is 11.5. The number of nitrogens with zero attached hydrogens (tertiary/aromatic N) is 1. The van der Waals surface area contributed by atoms with E-state index in [-0.39, 0.29) is 11.9 Å². The third-order valence-electron chi connectivity index (χ3n) is 2.44. The van der Waals surface area contributed by atoms with Crippen LogP contribution in [0, 0.1) is 0 Å². The Labute approximate surface area is 95.8 Å². The SMILES string of the molecule is CCCCC(N)C(=O)NCCc1c[nH]cn1. The van der Waals surface area contributed by atoms with Gasteiger partial charge in [-0.2, -0.15) is 0 Å². The smallest absolute Gasteiger partial charge is 0.236 e. The summed E-state index contributed by atoms with van der Waals surface area (Å²) in [5.74, 6) is -0.0658. The Balaban J connectivity index is 2.14. The van der Waals surface area contributed by atoms with E-state index in [2.05, 4.69) is 22.2 Å². The molecule has 0 aliphatic carbocycles. The highest BCUT2D eigenvalue weighted by molar-refractivity contribution is 5.81. The molecule has 90 valence electrons. The lowest BCUT2D eigenvalue weighted by Crippen LogP contribution is -2.41. The monoisotopic (exact) mass is 224 g/mol. The Morgan fingerprint density at radius 3 is 3.12 bits per heavy atom. The van der Waals surface area contributed by atoms with Crippen molar-refractivity contribution < 1.29 is 4.79 Å². The molecule has 4 N–H and O–H groups in total. The van der Waals surface area contributed by atoms with Crippen LogP contribution in [-0.4, -0.2) is 28.5 Å². The van der Waals surface area contributed by atoms with Gasteiger partial charge in [-0.1, -0.05) is 19.8 Å². The Morgan fingerprint density at radius 2 is 2.50 bits per heavy atom. The van der Waals surface area contributed by atoms with Gasteiger partial charge in [0.2, 0.25) is 5.91 Å². The normalized spacial score (nSPS) is 12.4. The van der Waals surface area contributed by atoms with Gasteiger partial charge in [0.05, 0.1) is 18.1 Å². The van der Waals surface area contributed by atoms with Gasteiger partial charge in [0.15, 0.2) is 0 Å². The lowest BCUT2D eigenvalue weighted by molar-refractivity contribution is -0.122. The molecule has 1 aromatic heterocycles. The van der Waals surface area contributed by atoms with Crippen LogP contribution >= 0.6 is 0 Å². The second-order valence-electron chi connectivity index (χ2n) is 3.85. The van der Waals surface area contributed by atoms with E-state index in [0.717, 1.165) is 31.4 Å². The van der Waals surface area contributed by atoms with Gasteiger partial charge in [-0.05, 0) is 6.42 Å². The highest BCUT2D eigenvalue weighted by Crippen LogP contribution is 1.98. The van der Waals surface area contributed by atoms with Crippen LogP contribution in [-0.2, 0) is 11.2 Å². The van der Waals surface area contributed by atoms with Gasteiger partial charge in [-0.25, -0.2) is 4.98 Å². The minimum absolute atomic E-state index is 0.0658. The van der Waals surface area contributed by atoms with Crippen LogP contribution in [0.2, 0.25) is 0 Å². The number of unbranched alkanes of at least 4 members (excludes halogenated alkanes) is 1. The number of hydrogen-bond acceptors (Lipinski definition) is 3. The van der Waals surface area contributed by atoms with Crippen LogP contribution < -0.4 is 11.1 Å². The molecule has 5 heteroatoms. The summed E-state index contributed by atoms with van der Waals surface area (Å²) in [6, 6.07) is -0.376. The maximum absolute atomic E-state index is 11.5. The van der Waals surface area contributed by atoms with E-state index in [1.54, 1.807) is 6.33 Å². The summed E-state index contributed by atoms with van der Waals surface area (Å²) in [7, 11) is 0. The van der Waals surface area contributed by atoms with Crippen molar-refractivity contribution >= 4 is 5.91 Å². The molecule has 0 fully saturated rings. The van der Waals surface area contributed by atoms with Crippen molar-refractivity contribution in [3.05, 3.63) is 18.2 Å². The van der Waals surface area contributed by atoms with Crippen molar-refractivity contribution in [3.63, 3.8) is 0 Å². The lowest BCUT2D eigenvalue weighted by Gasteiger charge is -2.10. The predicted octanol–water partition coefficient (Wildman–Crippen LogP) is 0.586. The topological polar surface area (TPSA) is 83.8 Å². The minimum atomic E-state index is -0.376. The number of aromatic nitrogens is 2. The number of nitrogens with one attached hydrogen (secondary N) is 2. The average molecular weight is 224 g/mol. The van der Waals surface area contributed by atoms with E-state index in [4.69, 9.17) is 5.73 Å². The molecular formula is C11H20N4O. The Kier molecular flexibility index (Phi) is 5.56. The first-order valence-corrected chi connectivity index (χ1v) is 5.75. The second-order valence-corrected chi connectivity index (χ2v) is 3.85. The van der Waals surface area contributed by atoms with Crippen molar-refractivity contribution in [1.82, 2.24) is 15.3 Å². The van der Waals surface area contributed by atoms with Crippen LogP contribution in [0.25, 0.3) is 0 Å². The fourth-order valence-electron chi connectivity index (χ4n) is 1.43. The van der Waals surface area contributed by atoms with Gasteiger partial charge < -0.3 is 16.0 Å². The molecule has 1 amide bonds. The van der Waals surface area contributed by atoms with Crippen molar-refractivity contribution in [2.24, 2.45) is 5.73 Å². The molecule has 1 unspecified atom stereocenters. The fraction of sp³-hybridized carbons (Fsp3) is 0.636. The Bertz CT molecular complexity index is 297. The van der Waals surface area contributed by atoms with Crippen LogP contribution in [0.15, 0.2) is 12.5 Å². The molecule has 1 atom stereocenters. The van der Waals surface area contributed by atoms with Gasteiger partial charge >= 0.3 is 0 Å². The Hall–Kier alpha value is -1.36. The van der Waals surface area contributed by atoms with Crippen LogP contribution in [0.3, 0.4) is 0 Å². The van der Waals surface area contributed by atoms with Gasteiger partial charge in [0.1, 0.15) is 0 Å². The predicted molar refractivity (Wildman–Crippen MR) is 62.8 cm³/mol.